The number of hydrogen-bond acceptors (Lipinski definition) is 6. The number of sulfonamides is 1. The zero-order chi connectivity index (χ0) is 39.4. The standard InChI is InChI=1S/C46H59NO6SSi/c1-33(34(2)54(49,50)47(30-35-18-23-40(51-6)24-19-35)31-36-20-25-41(52-7)26-21-36)38-28-39(29-38)45(48)44-27-22-37(44)32-53-55(46(3,4)5,42-14-10-8-11-15-42)43-16-12-9-13-17-43/h8-21,23-26,28,33-34,37-38,44-45,48H,22,27,29-32H2,1-7H3/t33-,34-,37+,38+,44-,45-/m1/s1. The summed E-state index contributed by atoms with van der Waals surface area (Å²) in [6.45, 7) is 11.9. The second-order valence-electron chi connectivity index (χ2n) is 16.6. The topological polar surface area (TPSA) is 85.3 Å². The minimum Gasteiger partial charge on any atom is -0.497 e. The SMILES string of the molecule is COc1ccc(CN(Cc2ccc(OC)cc2)S(=O)(=O)[C@H](C)[C@@H](C)[C@H]2C=C([C@@H](O)[C@@H]3CC[C@H]3CO[Si](c3ccccc3)(c3ccccc3)C(C)(C)C)C2)cc1. The van der Waals surface area contributed by atoms with Crippen molar-refractivity contribution in [3.63, 3.8) is 0 Å². The molecule has 4 aromatic carbocycles. The van der Waals surface area contributed by atoms with E-state index in [1.807, 2.05) is 62.4 Å². The van der Waals surface area contributed by atoms with Crippen molar-refractivity contribution in [3.05, 3.63) is 132 Å². The predicted molar refractivity (Wildman–Crippen MR) is 225 cm³/mol. The second-order valence-corrected chi connectivity index (χ2v) is 23.2. The molecule has 0 heterocycles. The van der Waals surface area contributed by atoms with E-state index in [1.54, 1.807) is 18.5 Å². The third-order valence-electron chi connectivity index (χ3n) is 12.4. The van der Waals surface area contributed by atoms with Crippen LogP contribution in [0.2, 0.25) is 5.04 Å². The zero-order valence-corrected chi connectivity index (χ0v) is 35.3. The fourth-order valence-electron chi connectivity index (χ4n) is 8.52. The predicted octanol–water partition coefficient (Wildman–Crippen LogP) is 7.97. The maximum absolute atomic E-state index is 14.4. The van der Waals surface area contributed by atoms with E-state index in [2.05, 4.69) is 87.5 Å². The van der Waals surface area contributed by atoms with Crippen LogP contribution in [0, 0.1) is 23.7 Å². The molecule has 4 aromatic rings. The number of allylic oxidation sites excluding steroid dienone is 1. The van der Waals surface area contributed by atoms with Gasteiger partial charge in [-0.2, -0.15) is 4.31 Å². The number of rotatable bonds is 17. The highest BCUT2D eigenvalue weighted by atomic mass is 32.2. The Morgan fingerprint density at radius 1 is 0.764 bits per heavy atom. The van der Waals surface area contributed by atoms with Gasteiger partial charge in [-0.25, -0.2) is 8.42 Å². The van der Waals surface area contributed by atoms with Crippen LogP contribution in [0.25, 0.3) is 0 Å². The summed E-state index contributed by atoms with van der Waals surface area (Å²) < 4.78 is 48.4. The number of aliphatic hydroxyl groups excluding tert-OH is 1. The third-order valence-corrected chi connectivity index (χ3v) is 19.7. The minimum absolute atomic E-state index is 0.0742. The summed E-state index contributed by atoms with van der Waals surface area (Å²) in [7, 11) is -3.15. The van der Waals surface area contributed by atoms with Gasteiger partial charge in [0.25, 0.3) is 8.32 Å². The van der Waals surface area contributed by atoms with Crippen LogP contribution in [0.4, 0.5) is 0 Å². The summed E-state index contributed by atoms with van der Waals surface area (Å²) in [6, 6.07) is 36.5. The molecule has 55 heavy (non-hydrogen) atoms. The molecule has 294 valence electrons. The molecule has 6 rings (SSSR count). The van der Waals surface area contributed by atoms with Gasteiger partial charge in [0.05, 0.1) is 25.6 Å². The van der Waals surface area contributed by atoms with Crippen LogP contribution in [-0.4, -0.2) is 58.3 Å². The van der Waals surface area contributed by atoms with Gasteiger partial charge < -0.3 is 19.0 Å². The van der Waals surface area contributed by atoms with Gasteiger partial charge in [0.2, 0.25) is 10.0 Å². The molecule has 0 radical (unpaired) electrons. The zero-order valence-electron chi connectivity index (χ0n) is 33.5. The van der Waals surface area contributed by atoms with E-state index < -0.39 is 29.7 Å². The van der Waals surface area contributed by atoms with Crippen molar-refractivity contribution in [3.8, 4) is 11.5 Å². The normalized spacial score (nSPS) is 20.5. The lowest BCUT2D eigenvalue weighted by Gasteiger charge is -2.48. The lowest BCUT2D eigenvalue weighted by Crippen LogP contribution is -2.67. The van der Waals surface area contributed by atoms with E-state index in [0.717, 1.165) is 41.0 Å². The Balaban J connectivity index is 1.14. The van der Waals surface area contributed by atoms with Crippen molar-refractivity contribution >= 4 is 28.7 Å². The average molecular weight is 782 g/mol. The number of aliphatic hydroxyl groups is 1. The molecule has 0 spiro atoms. The lowest BCUT2D eigenvalue weighted by molar-refractivity contribution is 0.00403. The van der Waals surface area contributed by atoms with Crippen molar-refractivity contribution in [2.24, 2.45) is 23.7 Å². The summed E-state index contributed by atoms with van der Waals surface area (Å²) in [5.41, 5.74) is 2.82. The van der Waals surface area contributed by atoms with Gasteiger partial charge in [0, 0.05) is 19.7 Å². The molecular formula is C46H59NO6SSi. The lowest BCUT2D eigenvalue weighted by atomic mass is 9.65. The first-order valence-corrected chi connectivity index (χ1v) is 23.1. The van der Waals surface area contributed by atoms with E-state index in [-0.39, 0.29) is 41.8 Å². The number of benzene rings is 4. The fraction of sp³-hybridized carbons (Fsp3) is 0.435. The van der Waals surface area contributed by atoms with Crippen molar-refractivity contribution < 1.29 is 27.4 Å². The molecule has 7 nitrogen and oxygen atoms in total. The van der Waals surface area contributed by atoms with Gasteiger partial charge in [0.15, 0.2) is 0 Å². The maximum Gasteiger partial charge on any atom is 0.261 e. The van der Waals surface area contributed by atoms with Crippen LogP contribution in [0.3, 0.4) is 0 Å². The van der Waals surface area contributed by atoms with Gasteiger partial charge in [0.1, 0.15) is 11.5 Å². The molecule has 9 heteroatoms. The summed E-state index contributed by atoms with van der Waals surface area (Å²) >= 11 is 0. The Kier molecular flexibility index (Phi) is 12.8. The Labute approximate surface area is 330 Å². The highest BCUT2D eigenvalue weighted by Gasteiger charge is 2.51. The van der Waals surface area contributed by atoms with Crippen LogP contribution in [-0.2, 0) is 27.5 Å². The van der Waals surface area contributed by atoms with E-state index in [0.29, 0.717) is 13.0 Å². The summed E-state index contributed by atoms with van der Waals surface area (Å²) in [6.07, 6.45) is 4.30. The molecule has 0 saturated heterocycles. The smallest absolute Gasteiger partial charge is 0.261 e. The highest BCUT2D eigenvalue weighted by Crippen LogP contribution is 2.46. The van der Waals surface area contributed by atoms with E-state index in [4.69, 9.17) is 13.9 Å². The number of methoxy groups -OCH3 is 2. The van der Waals surface area contributed by atoms with Gasteiger partial charge >= 0.3 is 0 Å². The second kappa shape index (κ2) is 17.2. The number of ether oxygens (including phenoxy) is 2. The fourth-order valence-corrected chi connectivity index (χ4v) is 15.0. The Bertz CT molecular complexity index is 1890. The molecule has 0 amide bonds. The van der Waals surface area contributed by atoms with Crippen LogP contribution < -0.4 is 19.8 Å². The minimum atomic E-state index is -3.72. The highest BCUT2D eigenvalue weighted by molar-refractivity contribution is 7.89. The summed E-state index contributed by atoms with van der Waals surface area (Å²) in [5, 5.41) is 13.5. The van der Waals surface area contributed by atoms with Crippen LogP contribution in [0.15, 0.2) is 121 Å². The van der Waals surface area contributed by atoms with E-state index in [9.17, 15) is 13.5 Å². The molecule has 1 N–H and O–H groups in total. The third kappa shape index (κ3) is 8.66. The molecule has 0 aliphatic heterocycles. The Morgan fingerprint density at radius 3 is 1.64 bits per heavy atom. The van der Waals surface area contributed by atoms with Crippen LogP contribution >= 0.6 is 0 Å². The number of nitrogens with zero attached hydrogens (tertiary/aromatic N) is 1. The monoisotopic (exact) mass is 781 g/mol. The molecule has 2 aliphatic rings. The van der Waals surface area contributed by atoms with E-state index >= 15 is 0 Å². The molecule has 2 aliphatic carbocycles. The largest absolute Gasteiger partial charge is 0.497 e. The molecule has 1 saturated carbocycles. The van der Waals surface area contributed by atoms with E-state index in [1.165, 1.54) is 10.4 Å². The molecule has 1 fully saturated rings. The molecule has 6 atom stereocenters. The van der Waals surface area contributed by atoms with Crippen molar-refractivity contribution in [2.45, 2.75) is 83.4 Å². The molecule has 0 unspecified atom stereocenters. The summed E-state index contributed by atoms with van der Waals surface area (Å²) in [4.78, 5) is 0. The molecular weight excluding hydrogens is 723 g/mol. The van der Waals surface area contributed by atoms with Crippen LogP contribution in [0.5, 0.6) is 11.5 Å². The van der Waals surface area contributed by atoms with Gasteiger partial charge in [-0.05, 0) is 106 Å². The van der Waals surface area contributed by atoms with Crippen LogP contribution in [0.1, 0.15) is 65.0 Å². The van der Waals surface area contributed by atoms with Crippen molar-refractivity contribution in [1.29, 1.82) is 0 Å². The average Bonchev–Trinajstić information content (AvgIpc) is 3.15. The van der Waals surface area contributed by atoms with Crippen molar-refractivity contribution in [1.82, 2.24) is 4.31 Å². The first-order chi connectivity index (χ1) is 26.3. The first kappa shape index (κ1) is 40.9. The van der Waals surface area contributed by atoms with Crippen molar-refractivity contribution in [2.75, 3.05) is 20.8 Å². The molecule has 0 aromatic heterocycles. The Morgan fingerprint density at radius 2 is 1.24 bits per heavy atom. The maximum atomic E-state index is 14.4. The van der Waals surface area contributed by atoms with Gasteiger partial charge in [-0.3, -0.25) is 0 Å². The summed E-state index contributed by atoms with van der Waals surface area (Å²) in [5.74, 6) is 1.79. The quantitative estimate of drug-likeness (QED) is 0.0865. The van der Waals surface area contributed by atoms with Gasteiger partial charge in [-0.15, -0.1) is 0 Å². The Hall–Kier alpha value is -3.73. The van der Waals surface area contributed by atoms with Gasteiger partial charge in [-0.1, -0.05) is 119 Å². The first-order valence-electron chi connectivity index (χ1n) is 19.7. The number of hydrogen-bond donors (Lipinski definition) is 1. The molecule has 0 bridgehead atoms.